The Kier molecular flexibility index (Phi) is 7.73. The molecule has 4 nitrogen and oxygen atoms in total. The van der Waals surface area contributed by atoms with Crippen LogP contribution < -0.4 is 10.1 Å². The maximum Gasteiger partial charge on any atom is 0.251 e. The average Bonchev–Trinajstić information content (AvgIpc) is 2.49. The number of methoxy groups -OCH3 is 1. The Morgan fingerprint density at radius 3 is 2.70 bits per heavy atom. The lowest BCUT2D eigenvalue weighted by molar-refractivity contribution is 0.0952. The highest BCUT2D eigenvalue weighted by Gasteiger charge is 2.09. The predicted molar refractivity (Wildman–Crippen MR) is 80.2 cm³/mol. The highest BCUT2D eigenvalue weighted by atomic mass is 16.5. The molecule has 0 unspecified atom stereocenters. The third-order valence-corrected chi connectivity index (χ3v) is 2.98. The predicted octanol–water partition coefficient (Wildman–Crippen LogP) is 3.15. The molecule has 0 saturated carbocycles. The third kappa shape index (κ3) is 5.21. The highest BCUT2D eigenvalue weighted by Crippen LogP contribution is 2.21. The van der Waals surface area contributed by atoms with Crippen LogP contribution in [0.2, 0.25) is 0 Å². The first-order valence-electron chi connectivity index (χ1n) is 7.25. The second-order valence-electron chi connectivity index (χ2n) is 4.69. The summed E-state index contributed by atoms with van der Waals surface area (Å²) in [5, 5.41) is 2.87. The van der Waals surface area contributed by atoms with Crippen molar-refractivity contribution in [2.24, 2.45) is 0 Å². The average molecular weight is 279 g/mol. The molecule has 0 fully saturated rings. The first kappa shape index (κ1) is 16.5. The quantitative estimate of drug-likeness (QED) is 0.706. The molecule has 1 amide bonds. The summed E-state index contributed by atoms with van der Waals surface area (Å²) in [6.45, 7) is 6.04. The minimum absolute atomic E-state index is 0.0516. The minimum atomic E-state index is -0.0516. The molecule has 1 rings (SSSR count). The van der Waals surface area contributed by atoms with Crippen LogP contribution in [0.25, 0.3) is 0 Å². The van der Waals surface area contributed by atoms with Crippen molar-refractivity contribution in [2.45, 2.75) is 39.7 Å². The van der Waals surface area contributed by atoms with Crippen molar-refractivity contribution in [3.05, 3.63) is 29.3 Å². The molecule has 1 N–H and O–H groups in total. The van der Waals surface area contributed by atoms with E-state index in [2.05, 4.69) is 12.2 Å². The van der Waals surface area contributed by atoms with Crippen LogP contribution in [0.1, 0.15) is 49.0 Å². The smallest absolute Gasteiger partial charge is 0.251 e. The van der Waals surface area contributed by atoms with Crippen molar-refractivity contribution in [3.8, 4) is 5.75 Å². The monoisotopic (exact) mass is 279 g/mol. The molecule has 0 aliphatic heterocycles. The number of amides is 1. The van der Waals surface area contributed by atoms with Gasteiger partial charge < -0.3 is 14.8 Å². The first-order chi connectivity index (χ1) is 9.72. The van der Waals surface area contributed by atoms with E-state index in [4.69, 9.17) is 9.47 Å². The molecular formula is C16H25NO3. The highest BCUT2D eigenvalue weighted by molar-refractivity contribution is 5.94. The van der Waals surface area contributed by atoms with Gasteiger partial charge in [-0.1, -0.05) is 20.3 Å². The van der Waals surface area contributed by atoms with Gasteiger partial charge in [0.05, 0.1) is 13.7 Å². The van der Waals surface area contributed by atoms with Gasteiger partial charge in [-0.2, -0.15) is 0 Å². The minimum Gasteiger partial charge on any atom is -0.496 e. The lowest BCUT2D eigenvalue weighted by Crippen LogP contribution is -2.24. The standard InChI is InChI=1S/C16H25NO3/c1-4-6-10-20-12-14-11-13(7-8-15(14)19-3)16(18)17-9-5-2/h7-8,11H,4-6,9-10,12H2,1-3H3,(H,17,18). The Bertz CT molecular complexity index is 418. The molecule has 0 aliphatic rings. The van der Waals surface area contributed by atoms with Gasteiger partial charge in [-0.3, -0.25) is 4.79 Å². The molecule has 0 saturated heterocycles. The Morgan fingerprint density at radius 1 is 1.25 bits per heavy atom. The van der Waals surface area contributed by atoms with Gasteiger partial charge in [0.15, 0.2) is 0 Å². The number of hydrogen-bond acceptors (Lipinski definition) is 3. The lowest BCUT2D eigenvalue weighted by atomic mass is 10.1. The van der Waals surface area contributed by atoms with Crippen molar-refractivity contribution < 1.29 is 14.3 Å². The number of nitrogens with one attached hydrogen (secondary N) is 1. The molecule has 0 bridgehead atoms. The van der Waals surface area contributed by atoms with Gasteiger partial charge in [0.1, 0.15) is 5.75 Å². The van der Waals surface area contributed by atoms with Gasteiger partial charge in [0.25, 0.3) is 5.91 Å². The van der Waals surface area contributed by atoms with Gasteiger partial charge >= 0.3 is 0 Å². The van der Waals surface area contributed by atoms with Gasteiger partial charge in [-0.05, 0) is 31.0 Å². The summed E-state index contributed by atoms with van der Waals surface area (Å²) in [6.07, 6.45) is 3.07. The topological polar surface area (TPSA) is 47.6 Å². The molecule has 4 heteroatoms. The second-order valence-corrected chi connectivity index (χ2v) is 4.69. The van der Waals surface area contributed by atoms with Crippen LogP contribution in [0.3, 0.4) is 0 Å². The molecule has 0 aliphatic carbocycles. The number of hydrogen-bond donors (Lipinski definition) is 1. The summed E-state index contributed by atoms with van der Waals surface area (Å²) in [7, 11) is 1.63. The third-order valence-electron chi connectivity index (χ3n) is 2.98. The SMILES string of the molecule is CCCCOCc1cc(C(=O)NCCC)ccc1OC. The van der Waals surface area contributed by atoms with Gasteiger partial charge in [-0.25, -0.2) is 0 Å². The fourth-order valence-electron chi connectivity index (χ4n) is 1.80. The fourth-order valence-corrected chi connectivity index (χ4v) is 1.80. The second kappa shape index (κ2) is 9.37. The van der Waals surface area contributed by atoms with E-state index in [0.29, 0.717) is 18.7 Å². The summed E-state index contributed by atoms with van der Waals surface area (Å²) >= 11 is 0. The van der Waals surface area contributed by atoms with Crippen molar-refractivity contribution in [1.82, 2.24) is 5.32 Å². The maximum atomic E-state index is 11.9. The van der Waals surface area contributed by atoms with Crippen molar-refractivity contribution in [2.75, 3.05) is 20.3 Å². The fraction of sp³-hybridized carbons (Fsp3) is 0.562. The zero-order valence-corrected chi connectivity index (χ0v) is 12.7. The van der Waals surface area contributed by atoms with Crippen molar-refractivity contribution >= 4 is 5.91 Å². The molecule has 0 spiro atoms. The first-order valence-corrected chi connectivity index (χ1v) is 7.25. The van der Waals surface area contributed by atoms with Crippen LogP contribution in [0.4, 0.5) is 0 Å². The maximum absolute atomic E-state index is 11.9. The molecular weight excluding hydrogens is 254 g/mol. The molecule has 0 heterocycles. The van der Waals surface area contributed by atoms with E-state index in [0.717, 1.165) is 37.2 Å². The van der Waals surface area contributed by atoms with Crippen LogP contribution in [-0.4, -0.2) is 26.2 Å². The van der Waals surface area contributed by atoms with Gasteiger partial charge in [0.2, 0.25) is 0 Å². The summed E-state index contributed by atoms with van der Waals surface area (Å²) in [4.78, 5) is 11.9. The largest absolute Gasteiger partial charge is 0.496 e. The number of carbonyl (C=O) groups is 1. The van der Waals surface area contributed by atoms with Crippen LogP contribution in [0, 0.1) is 0 Å². The van der Waals surface area contributed by atoms with E-state index >= 15 is 0 Å². The van der Waals surface area contributed by atoms with Gasteiger partial charge in [0, 0.05) is 24.3 Å². The van der Waals surface area contributed by atoms with Crippen molar-refractivity contribution in [1.29, 1.82) is 0 Å². The Labute approximate surface area is 121 Å². The molecule has 0 radical (unpaired) electrons. The Morgan fingerprint density at radius 2 is 2.05 bits per heavy atom. The van der Waals surface area contributed by atoms with E-state index in [1.54, 1.807) is 13.2 Å². The van der Waals surface area contributed by atoms with E-state index in [-0.39, 0.29) is 5.91 Å². The lowest BCUT2D eigenvalue weighted by Gasteiger charge is -2.11. The number of benzene rings is 1. The van der Waals surface area contributed by atoms with E-state index < -0.39 is 0 Å². The molecule has 0 aromatic heterocycles. The number of rotatable bonds is 9. The normalized spacial score (nSPS) is 10.3. The number of carbonyl (C=O) groups excluding carboxylic acids is 1. The van der Waals surface area contributed by atoms with E-state index in [1.807, 2.05) is 19.1 Å². The number of unbranched alkanes of at least 4 members (excludes halogenated alkanes) is 1. The zero-order valence-electron chi connectivity index (χ0n) is 12.7. The van der Waals surface area contributed by atoms with E-state index in [1.165, 1.54) is 0 Å². The molecule has 1 aromatic rings. The summed E-state index contributed by atoms with van der Waals surface area (Å²) in [5.41, 5.74) is 1.56. The van der Waals surface area contributed by atoms with Crippen LogP contribution in [-0.2, 0) is 11.3 Å². The molecule has 112 valence electrons. The summed E-state index contributed by atoms with van der Waals surface area (Å²) in [5.74, 6) is 0.706. The Balaban J connectivity index is 2.71. The van der Waals surface area contributed by atoms with Gasteiger partial charge in [-0.15, -0.1) is 0 Å². The van der Waals surface area contributed by atoms with E-state index in [9.17, 15) is 4.79 Å². The Hall–Kier alpha value is -1.55. The van der Waals surface area contributed by atoms with Crippen LogP contribution >= 0.6 is 0 Å². The number of ether oxygens (including phenoxy) is 2. The van der Waals surface area contributed by atoms with Crippen LogP contribution in [0.5, 0.6) is 5.75 Å². The molecule has 1 aromatic carbocycles. The summed E-state index contributed by atoms with van der Waals surface area (Å²) in [6, 6.07) is 5.44. The summed E-state index contributed by atoms with van der Waals surface area (Å²) < 4.78 is 10.9. The molecule has 20 heavy (non-hydrogen) atoms. The molecule has 0 atom stereocenters. The van der Waals surface area contributed by atoms with Crippen molar-refractivity contribution in [3.63, 3.8) is 0 Å². The zero-order chi connectivity index (χ0) is 14.8. The van der Waals surface area contributed by atoms with Crippen LogP contribution in [0.15, 0.2) is 18.2 Å².